The van der Waals surface area contributed by atoms with Gasteiger partial charge in [0.1, 0.15) is 12.3 Å². The number of carbonyl (C=O) groups is 7. The van der Waals surface area contributed by atoms with Gasteiger partial charge in [-0.25, -0.2) is 0 Å². The first-order chi connectivity index (χ1) is 30.5. The van der Waals surface area contributed by atoms with Gasteiger partial charge in [-0.05, 0) is 92.4 Å². The van der Waals surface area contributed by atoms with Crippen molar-refractivity contribution in [3.05, 3.63) is 23.5 Å². The fourth-order valence-corrected chi connectivity index (χ4v) is 11.7. The molecule has 0 bridgehead atoms. The molecule has 2 heterocycles. The number of nitrogens with zero attached hydrogens (tertiary/aromatic N) is 7. The molecule has 358 valence electrons. The molecule has 6 rings (SSSR count). The van der Waals surface area contributed by atoms with Gasteiger partial charge in [0, 0.05) is 97.3 Å². The number of aromatic nitrogens is 3. The first kappa shape index (κ1) is 53.0. The minimum absolute atomic E-state index is 0. The summed E-state index contributed by atoms with van der Waals surface area (Å²) in [6.45, 7) is 5.61. The van der Waals surface area contributed by atoms with E-state index in [1.54, 1.807) is 30.5 Å². The van der Waals surface area contributed by atoms with E-state index in [1.165, 1.54) is 5.57 Å². The number of amides is 1. The van der Waals surface area contributed by atoms with Crippen LogP contribution in [0.2, 0.25) is 0 Å². The molecule has 1 aromatic rings. The Kier molecular flexibility index (Phi) is 19.8. The Morgan fingerprint density at radius 3 is 1.92 bits per heavy atom. The molecule has 4 aliphatic carbocycles. The second-order valence-corrected chi connectivity index (χ2v) is 19.2. The average molecular weight is 1050 g/mol. The van der Waals surface area contributed by atoms with E-state index < -0.39 is 30.4 Å². The van der Waals surface area contributed by atoms with E-state index in [2.05, 4.69) is 29.5 Å². The summed E-state index contributed by atoms with van der Waals surface area (Å²) in [6, 6.07) is 0. The Bertz CT molecular complexity index is 1880. The second kappa shape index (κ2) is 24.3. The monoisotopic (exact) mass is 1050 g/mol. The number of nitrogens with one attached hydrogen (secondary N) is 1. The number of carbonyl (C=O) groups excluding carboxylic acids is 7. The van der Waals surface area contributed by atoms with Gasteiger partial charge in [0.25, 0.3) is 0 Å². The molecule has 3 saturated carbocycles. The first-order valence-electron chi connectivity index (χ1n) is 23.1. The van der Waals surface area contributed by atoms with Crippen LogP contribution in [0.15, 0.2) is 17.8 Å². The molecule has 1 N–H and O–H groups in total. The van der Waals surface area contributed by atoms with E-state index in [0.717, 1.165) is 44.9 Å². The summed E-state index contributed by atoms with van der Waals surface area (Å²) in [4.78, 5) is 92.3. The fourth-order valence-electron chi connectivity index (χ4n) is 11.7. The molecular formula is C45H65EuN8O11. The third-order valence-electron chi connectivity index (χ3n) is 15.2. The number of carboxylic acids is 3. The molecule has 20 heteroatoms. The van der Waals surface area contributed by atoms with Crippen LogP contribution in [-0.4, -0.2) is 161 Å². The van der Waals surface area contributed by atoms with Crippen LogP contribution in [0.25, 0.3) is 0 Å². The summed E-state index contributed by atoms with van der Waals surface area (Å²) in [7, 11) is 0. The number of ether oxygens (including phenoxy) is 1. The van der Waals surface area contributed by atoms with Crippen molar-refractivity contribution in [2.75, 3.05) is 85.1 Å². The summed E-state index contributed by atoms with van der Waals surface area (Å²) in [5.74, 6) is -2.88. The van der Waals surface area contributed by atoms with Crippen LogP contribution in [0.4, 0.5) is 0 Å². The third kappa shape index (κ3) is 14.5. The van der Waals surface area contributed by atoms with E-state index in [-0.39, 0.29) is 175 Å². The van der Waals surface area contributed by atoms with Gasteiger partial charge < -0.3 is 39.8 Å². The predicted molar refractivity (Wildman–Crippen MR) is 223 cm³/mol. The largest absolute Gasteiger partial charge is 3.00 e. The molecule has 0 aromatic carbocycles. The molecule has 0 radical (unpaired) electrons. The van der Waals surface area contributed by atoms with E-state index in [4.69, 9.17) is 4.74 Å². The molecule has 1 aromatic heterocycles. The van der Waals surface area contributed by atoms with Crippen molar-refractivity contribution in [2.45, 2.75) is 97.6 Å². The number of hydrogen-bond acceptors (Lipinski definition) is 17. The number of rotatable bonds is 18. The number of hydrogen-bond donors (Lipinski definition) is 1. The molecule has 1 aliphatic heterocycles. The molecule has 1 saturated heterocycles. The number of unbranched alkanes of at least 4 members (excludes halogenated alkanes) is 1. The van der Waals surface area contributed by atoms with Gasteiger partial charge in [0.05, 0.1) is 37.2 Å². The van der Waals surface area contributed by atoms with Crippen molar-refractivity contribution < 1.29 is 103 Å². The smallest absolute Gasteiger partial charge is 0.549 e. The Hall–Kier alpha value is -3.01. The standard InChI is InChI=1S/C45H68N8O11.Eu/c1-44-12-10-33(54)23-31(44)6-7-34-35-8-9-37(45(35,2)13-11-36(34)44)38(55)30-64-43(63)5-3-4-14-53-25-32(47-48-53)24-46-39(56)26-49-15-17-50(27-40(57)58)19-21-52(29-42(61)62)22-20-51(18-16-49)28-41(59)60;/h23,25,34-37H,3-22,24,26-30H2,1-2H3,(H,46,56)(H,57,58)(H,59,60)(H,61,62);/q;+3/p-3. The summed E-state index contributed by atoms with van der Waals surface area (Å²) in [5.41, 5.74) is 1.85. The summed E-state index contributed by atoms with van der Waals surface area (Å²) in [6.07, 6.45) is 12.5. The molecular weight excluding hydrogens is 981 g/mol. The molecule has 19 nitrogen and oxygen atoms in total. The normalized spacial score (nSPS) is 28.2. The summed E-state index contributed by atoms with van der Waals surface area (Å²) >= 11 is 0. The average Bonchev–Trinajstić information content (AvgIpc) is 3.85. The van der Waals surface area contributed by atoms with E-state index >= 15 is 0 Å². The van der Waals surface area contributed by atoms with Gasteiger partial charge in [0.2, 0.25) is 5.91 Å². The van der Waals surface area contributed by atoms with Crippen LogP contribution in [0.1, 0.15) is 90.2 Å². The SMILES string of the molecule is CC12CCC(=O)C=C1CCC1C2CCC2(C)C(C(=O)COC(=O)CCCCn3cc(CNC(=O)CN4CCN(CC(=O)[O-])CCN(CC(=O)[O-])CCN(CC(=O)[O-])CC4)nn3)CCC12.[Eu+3]. The van der Waals surface area contributed by atoms with Crippen molar-refractivity contribution in [3.63, 3.8) is 0 Å². The van der Waals surface area contributed by atoms with Crippen molar-refractivity contribution >= 4 is 41.4 Å². The molecule has 6 unspecified atom stereocenters. The van der Waals surface area contributed by atoms with Crippen molar-refractivity contribution in [3.8, 4) is 0 Å². The number of fused-ring (bicyclic) bond motifs is 5. The molecule has 5 aliphatic rings. The van der Waals surface area contributed by atoms with Crippen LogP contribution in [0, 0.1) is 83.9 Å². The Morgan fingerprint density at radius 1 is 0.754 bits per heavy atom. The Labute approximate surface area is 421 Å². The van der Waals surface area contributed by atoms with Gasteiger partial charge in [-0.1, -0.05) is 24.6 Å². The Balaban J connectivity index is 0.00000793. The molecule has 1 amide bonds. The summed E-state index contributed by atoms with van der Waals surface area (Å²) < 4.78 is 7.14. The number of carboxylic acid groups (broad SMARTS) is 3. The number of Topliss-reactive ketones (excluding diaryl/α,β-unsaturated/α-hetero) is 1. The van der Waals surface area contributed by atoms with Gasteiger partial charge >= 0.3 is 55.3 Å². The number of esters is 1. The second-order valence-electron chi connectivity index (χ2n) is 19.2. The van der Waals surface area contributed by atoms with Gasteiger partial charge in [-0.3, -0.25) is 43.5 Å². The quantitative estimate of drug-likeness (QED) is 0.121. The number of ketones is 2. The van der Waals surface area contributed by atoms with Gasteiger partial charge in [-0.2, -0.15) is 0 Å². The van der Waals surface area contributed by atoms with Crippen molar-refractivity contribution in [1.29, 1.82) is 0 Å². The zero-order valence-corrected chi connectivity index (χ0v) is 40.3. The van der Waals surface area contributed by atoms with Crippen LogP contribution in [0.5, 0.6) is 0 Å². The molecule has 4 fully saturated rings. The van der Waals surface area contributed by atoms with Crippen molar-refractivity contribution in [2.24, 2.45) is 34.5 Å². The molecule has 65 heavy (non-hydrogen) atoms. The molecule has 6 atom stereocenters. The van der Waals surface area contributed by atoms with E-state index in [0.29, 0.717) is 49.3 Å². The first-order valence-corrected chi connectivity index (χ1v) is 23.1. The van der Waals surface area contributed by atoms with E-state index in [9.17, 15) is 48.9 Å². The zero-order valence-electron chi connectivity index (χ0n) is 37.8. The minimum Gasteiger partial charge on any atom is -0.549 e. The maximum atomic E-state index is 13.6. The van der Waals surface area contributed by atoms with Crippen LogP contribution in [0.3, 0.4) is 0 Å². The number of aliphatic carboxylic acids is 3. The topological polar surface area (TPSA) is 254 Å². The van der Waals surface area contributed by atoms with Crippen LogP contribution in [-0.2, 0) is 51.4 Å². The maximum Gasteiger partial charge on any atom is 3.00 e. The molecule has 0 spiro atoms. The van der Waals surface area contributed by atoms with Gasteiger partial charge in [0.15, 0.2) is 11.6 Å². The summed E-state index contributed by atoms with van der Waals surface area (Å²) in [5, 5.41) is 45.3. The number of allylic oxidation sites excluding steroid dienone is 1. The van der Waals surface area contributed by atoms with Crippen molar-refractivity contribution in [1.82, 2.24) is 39.9 Å². The zero-order chi connectivity index (χ0) is 46.0. The minimum atomic E-state index is -1.30. The van der Waals surface area contributed by atoms with Gasteiger partial charge in [-0.15, -0.1) is 5.10 Å². The predicted octanol–water partition coefficient (Wildman–Crippen LogP) is -2.20. The number of aryl methyl sites for hydroxylation is 1. The Morgan fingerprint density at radius 2 is 1.34 bits per heavy atom. The van der Waals surface area contributed by atoms with E-state index in [1.807, 2.05) is 6.08 Å². The maximum absolute atomic E-state index is 13.6. The third-order valence-corrected chi connectivity index (χ3v) is 15.2. The van der Waals surface area contributed by atoms with Crippen LogP contribution >= 0.6 is 0 Å². The van der Waals surface area contributed by atoms with Crippen LogP contribution < -0.4 is 20.6 Å². The fraction of sp³-hybridized carbons (Fsp3) is 0.756.